The van der Waals surface area contributed by atoms with Gasteiger partial charge in [0.1, 0.15) is 10.7 Å². The van der Waals surface area contributed by atoms with Gasteiger partial charge in [-0.05, 0) is 20.5 Å². The number of hydrogen-bond donors (Lipinski definition) is 1. The fraction of sp³-hybridized carbons (Fsp3) is 0.583. The van der Waals surface area contributed by atoms with Crippen LogP contribution in [0.5, 0.6) is 0 Å². The van der Waals surface area contributed by atoms with Crippen LogP contribution in [0.1, 0.15) is 24.8 Å². The lowest BCUT2D eigenvalue weighted by Crippen LogP contribution is -2.10. The molecule has 7 heteroatoms. The highest BCUT2D eigenvalue weighted by molar-refractivity contribution is 7.18. The monoisotopic (exact) mass is 297 g/mol. The van der Waals surface area contributed by atoms with E-state index in [2.05, 4.69) is 37.7 Å². The van der Waals surface area contributed by atoms with Crippen LogP contribution in [0.4, 0.5) is 5.13 Å². The second-order valence-electron chi connectivity index (χ2n) is 4.56. The number of nitrogens with one attached hydrogen (secondary N) is 1. The molecular weight excluding hydrogens is 278 g/mol. The van der Waals surface area contributed by atoms with Crippen LogP contribution in [0.2, 0.25) is 0 Å². The molecule has 19 heavy (non-hydrogen) atoms. The summed E-state index contributed by atoms with van der Waals surface area (Å²) in [5.41, 5.74) is 0.933. The molecule has 0 aliphatic heterocycles. The summed E-state index contributed by atoms with van der Waals surface area (Å²) in [5, 5.41) is 16.6. The van der Waals surface area contributed by atoms with Crippen molar-refractivity contribution >= 4 is 27.8 Å². The molecule has 0 radical (unpaired) electrons. The molecule has 0 aliphatic rings. The second-order valence-corrected chi connectivity index (χ2v) is 6.48. The van der Waals surface area contributed by atoms with Gasteiger partial charge in [0.15, 0.2) is 5.01 Å². The minimum atomic E-state index is 0.866. The van der Waals surface area contributed by atoms with E-state index in [0.29, 0.717) is 0 Å². The van der Waals surface area contributed by atoms with Crippen LogP contribution in [0.15, 0.2) is 5.38 Å². The number of aromatic nitrogens is 3. The van der Waals surface area contributed by atoms with Crippen molar-refractivity contribution in [1.82, 2.24) is 20.1 Å². The van der Waals surface area contributed by atoms with Crippen molar-refractivity contribution in [2.45, 2.75) is 26.3 Å². The molecule has 0 aromatic carbocycles. The number of rotatable bonds is 7. The first-order valence-corrected chi connectivity index (χ1v) is 8.05. The van der Waals surface area contributed by atoms with Gasteiger partial charge < -0.3 is 10.2 Å². The molecule has 0 saturated heterocycles. The third-order valence-electron chi connectivity index (χ3n) is 2.45. The maximum atomic E-state index is 4.59. The highest BCUT2D eigenvalue weighted by Crippen LogP contribution is 2.27. The first kappa shape index (κ1) is 14.4. The Kier molecular flexibility index (Phi) is 5.24. The van der Waals surface area contributed by atoms with E-state index >= 15 is 0 Å². The van der Waals surface area contributed by atoms with Crippen LogP contribution in [0.25, 0.3) is 10.7 Å². The van der Waals surface area contributed by atoms with E-state index in [-0.39, 0.29) is 0 Å². The molecule has 0 fully saturated rings. The minimum Gasteiger partial charge on any atom is -0.360 e. The van der Waals surface area contributed by atoms with Crippen LogP contribution >= 0.6 is 22.7 Å². The molecule has 0 unspecified atom stereocenters. The lowest BCUT2D eigenvalue weighted by Gasteiger charge is -2.04. The largest absolute Gasteiger partial charge is 0.360 e. The molecule has 2 aromatic heterocycles. The Hall–Kier alpha value is -1.05. The van der Waals surface area contributed by atoms with Crippen molar-refractivity contribution in [3.8, 4) is 10.7 Å². The quantitative estimate of drug-likeness (QED) is 0.796. The lowest BCUT2D eigenvalue weighted by molar-refractivity contribution is 0.402. The molecule has 0 amide bonds. The van der Waals surface area contributed by atoms with Crippen LogP contribution in [-0.4, -0.2) is 40.7 Å². The molecule has 0 saturated carbocycles. The normalized spacial score (nSPS) is 11.2. The Labute approximate surface area is 121 Å². The maximum absolute atomic E-state index is 4.59. The van der Waals surface area contributed by atoms with Crippen LogP contribution in [0.3, 0.4) is 0 Å². The minimum absolute atomic E-state index is 0.866. The summed E-state index contributed by atoms with van der Waals surface area (Å²) in [6.45, 7) is 3.99. The third kappa shape index (κ3) is 4.22. The highest BCUT2D eigenvalue weighted by Gasteiger charge is 2.10. The topological polar surface area (TPSA) is 53.9 Å². The highest BCUT2D eigenvalue weighted by atomic mass is 32.1. The first-order valence-electron chi connectivity index (χ1n) is 6.36. The van der Waals surface area contributed by atoms with Gasteiger partial charge in [-0.15, -0.1) is 21.5 Å². The number of thiazole rings is 1. The van der Waals surface area contributed by atoms with E-state index in [1.165, 1.54) is 6.42 Å². The van der Waals surface area contributed by atoms with Gasteiger partial charge in [-0.3, -0.25) is 0 Å². The summed E-state index contributed by atoms with van der Waals surface area (Å²) in [5.74, 6) is 0. The van der Waals surface area contributed by atoms with E-state index in [4.69, 9.17) is 0 Å². The zero-order valence-corrected chi connectivity index (χ0v) is 13.1. The SMILES string of the molecule is CCCCNc1nnc(-c2csc(CN(C)C)n2)s1. The molecule has 0 atom stereocenters. The zero-order valence-electron chi connectivity index (χ0n) is 11.5. The molecule has 0 aliphatic carbocycles. The average Bonchev–Trinajstić information content (AvgIpc) is 2.97. The summed E-state index contributed by atoms with van der Waals surface area (Å²) in [6.07, 6.45) is 2.33. The summed E-state index contributed by atoms with van der Waals surface area (Å²) in [4.78, 5) is 6.70. The Bertz CT molecular complexity index is 506. The van der Waals surface area contributed by atoms with Gasteiger partial charge >= 0.3 is 0 Å². The number of unbranched alkanes of at least 4 members (excludes halogenated alkanes) is 1. The summed E-state index contributed by atoms with van der Waals surface area (Å²) in [7, 11) is 4.09. The van der Waals surface area contributed by atoms with Crippen LogP contribution in [0, 0.1) is 0 Å². The van der Waals surface area contributed by atoms with Gasteiger partial charge in [0.25, 0.3) is 0 Å². The Balaban J connectivity index is 1.99. The van der Waals surface area contributed by atoms with E-state index < -0.39 is 0 Å². The molecule has 2 rings (SSSR count). The number of hydrogen-bond acceptors (Lipinski definition) is 7. The second kappa shape index (κ2) is 6.93. The molecule has 0 spiro atoms. The summed E-state index contributed by atoms with van der Waals surface area (Å²) >= 11 is 3.24. The van der Waals surface area contributed by atoms with Gasteiger partial charge in [0.2, 0.25) is 5.13 Å². The van der Waals surface area contributed by atoms with Crippen LogP contribution < -0.4 is 5.32 Å². The molecule has 5 nitrogen and oxygen atoms in total. The molecule has 2 aromatic rings. The first-order chi connectivity index (χ1) is 9.19. The van der Waals surface area contributed by atoms with E-state index in [1.54, 1.807) is 22.7 Å². The number of anilines is 1. The predicted octanol–water partition coefficient (Wildman–Crippen LogP) is 2.94. The molecule has 1 N–H and O–H groups in total. The smallest absolute Gasteiger partial charge is 0.206 e. The Morgan fingerprint density at radius 3 is 2.89 bits per heavy atom. The van der Waals surface area contributed by atoms with Gasteiger partial charge in [0, 0.05) is 18.5 Å². The van der Waals surface area contributed by atoms with Crippen molar-refractivity contribution in [2.75, 3.05) is 26.0 Å². The maximum Gasteiger partial charge on any atom is 0.206 e. The van der Waals surface area contributed by atoms with Crippen LogP contribution in [-0.2, 0) is 6.54 Å². The van der Waals surface area contributed by atoms with Crippen molar-refractivity contribution in [3.05, 3.63) is 10.4 Å². The molecule has 2 heterocycles. The Morgan fingerprint density at radius 1 is 1.32 bits per heavy atom. The van der Waals surface area contributed by atoms with Gasteiger partial charge in [0.05, 0.1) is 0 Å². The summed E-state index contributed by atoms with van der Waals surface area (Å²) < 4.78 is 0. The van der Waals surface area contributed by atoms with Gasteiger partial charge in [-0.25, -0.2) is 4.98 Å². The average molecular weight is 297 g/mol. The standard InChI is InChI=1S/C12H19N5S2/c1-4-5-6-13-12-16-15-11(19-12)9-8-18-10(14-9)7-17(2)3/h8H,4-7H2,1-3H3,(H,13,16). The van der Waals surface area contributed by atoms with E-state index in [0.717, 1.165) is 40.4 Å². The number of nitrogens with zero attached hydrogens (tertiary/aromatic N) is 4. The van der Waals surface area contributed by atoms with Gasteiger partial charge in [-0.1, -0.05) is 24.7 Å². The summed E-state index contributed by atoms with van der Waals surface area (Å²) in [6, 6.07) is 0. The molecular formula is C12H19N5S2. The van der Waals surface area contributed by atoms with Gasteiger partial charge in [-0.2, -0.15) is 0 Å². The fourth-order valence-electron chi connectivity index (χ4n) is 1.52. The van der Waals surface area contributed by atoms with E-state index in [1.807, 2.05) is 14.1 Å². The fourth-order valence-corrected chi connectivity index (χ4v) is 3.22. The Morgan fingerprint density at radius 2 is 2.16 bits per heavy atom. The zero-order chi connectivity index (χ0) is 13.7. The lowest BCUT2D eigenvalue weighted by atomic mass is 10.3. The van der Waals surface area contributed by atoms with Crippen molar-refractivity contribution in [3.63, 3.8) is 0 Å². The third-order valence-corrected chi connectivity index (χ3v) is 4.19. The predicted molar refractivity (Wildman–Crippen MR) is 81.8 cm³/mol. The van der Waals surface area contributed by atoms with E-state index in [9.17, 15) is 0 Å². The molecule has 104 valence electrons. The van der Waals surface area contributed by atoms with Crippen molar-refractivity contribution < 1.29 is 0 Å². The molecule has 0 bridgehead atoms. The van der Waals surface area contributed by atoms with Crippen molar-refractivity contribution in [2.24, 2.45) is 0 Å². The van der Waals surface area contributed by atoms with Crippen molar-refractivity contribution in [1.29, 1.82) is 0 Å².